The number of carbonyl (C=O) groups is 1. The molecule has 1 heterocycles. The minimum Gasteiger partial charge on any atom is -0.486 e. The fourth-order valence-electron chi connectivity index (χ4n) is 1.59. The summed E-state index contributed by atoms with van der Waals surface area (Å²) in [7, 11) is 0. The Morgan fingerprint density at radius 1 is 1.45 bits per heavy atom. The molecule has 0 bridgehead atoms. The normalized spacial score (nSPS) is 11.2. The number of fused-ring (bicyclic) bond motifs is 1. The molecule has 2 rings (SSSR count). The molecule has 7 heteroatoms. The molecule has 4 nitrogen and oxygen atoms in total. The number of hydrogen-bond acceptors (Lipinski definition) is 3. The Balaban J connectivity index is 2.41. The highest BCUT2D eigenvalue weighted by atomic mass is 127. The number of pyridine rings is 1. The number of carboxylic acids is 1. The van der Waals surface area contributed by atoms with Gasteiger partial charge in [0.15, 0.2) is 5.75 Å². The minimum atomic E-state index is -1.02. The number of benzene rings is 1. The minimum absolute atomic E-state index is 0.118. The van der Waals surface area contributed by atoms with E-state index in [-0.39, 0.29) is 6.61 Å². The predicted octanol–water partition coefficient (Wildman–Crippen LogP) is 4.17. The zero-order valence-electron chi connectivity index (χ0n) is 9.94. The number of rotatable bonds is 4. The lowest BCUT2D eigenvalue weighted by Gasteiger charge is -2.10. The number of hydrogen-bond donors (Lipinski definition) is 1. The van der Waals surface area contributed by atoms with Crippen molar-refractivity contribution in [2.24, 2.45) is 0 Å². The van der Waals surface area contributed by atoms with Gasteiger partial charge in [0.25, 0.3) is 0 Å². The topological polar surface area (TPSA) is 59.4 Å². The van der Waals surface area contributed by atoms with Crippen LogP contribution in [-0.4, -0.2) is 22.7 Å². The molecular weight excluding hydrogens is 416 g/mol. The number of nitrogens with zero attached hydrogens (tertiary/aromatic N) is 1. The van der Waals surface area contributed by atoms with Crippen molar-refractivity contribution in [2.75, 3.05) is 6.61 Å². The fraction of sp³-hybridized carbons (Fsp3) is 0.0769. The smallest absolute Gasteiger partial charge is 0.328 e. The first-order valence-electron chi connectivity index (χ1n) is 5.45. The van der Waals surface area contributed by atoms with Gasteiger partial charge in [0.05, 0.1) is 8.59 Å². The number of carboxylic acid groups (broad SMARTS) is 1. The average molecular weight is 424 g/mol. The monoisotopic (exact) mass is 423 g/mol. The van der Waals surface area contributed by atoms with Crippen molar-refractivity contribution >= 4 is 62.7 Å². The van der Waals surface area contributed by atoms with Gasteiger partial charge < -0.3 is 9.84 Å². The first-order chi connectivity index (χ1) is 9.49. The van der Waals surface area contributed by atoms with Gasteiger partial charge in [0, 0.05) is 11.5 Å². The fourth-order valence-corrected chi connectivity index (χ4v) is 2.90. The number of ether oxygens (including phenoxy) is 1. The molecule has 0 atom stereocenters. The average Bonchev–Trinajstić information content (AvgIpc) is 2.36. The van der Waals surface area contributed by atoms with Crippen molar-refractivity contribution < 1.29 is 14.6 Å². The van der Waals surface area contributed by atoms with Gasteiger partial charge in [-0.25, -0.2) is 9.78 Å². The van der Waals surface area contributed by atoms with Gasteiger partial charge in [-0.2, -0.15) is 0 Å². The molecule has 0 radical (unpaired) electrons. The number of aromatic nitrogens is 1. The highest BCUT2D eigenvalue weighted by Crippen LogP contribution is 2.35. The summed E-state index contributed by atoms with van der Waals surface area (Å²) in [6.45, 7) is 0.118. The van der Waals surface area contributed by atoms with Gasteiger partial charge >= 0.3 is 5.97 Å². The molecule has 1 aromatic carbocycles. The lowest BCUT2D eigenvalue weighted by Crippen LogP contribution is -1.99. The van der Waals surface area contributed by atoms with Crippen molar-refractivity contribution in [3.05, 3.63) is 44.1 Å². The molecule has 0 aliphatic carbocycles. The van der Waals surface area contributed by atoms with E-state index in [2.05, 4.69) is 27.6 Å². The lowest BCUT2D eigenvalue weighted by molar-refractivity contribution is -0.131. The number of halogens is 3. The van der Waals surface area contributed by atoms with Crippen LogP contribution in [0.4, 0.5) is 0 Å². The summed E-state index contributed by atoms with van der Waals surface area (Å²) in [5.41, 5.74) is 0.554. The van der Waals surface area contributed by atoms with Crippen LogP contribution in [0.25, 0.3) is 10.9 Å². The van der Waals surface area contributed by atoms with Crippen LogP contribution in [0.5, 0.6) is 5.75 Å². The van der Waals surface area contributed by atoms with Crippen LogP contribution < -0.4 is 4.74 Å². The molecule has 0 amide bonds. The summed E-state index contributed by atoms with van der Waals surface area (Å²) in [5.74, 6) is -0.493. The van der Waals surface area contributed by atoms with Crippen molar-refractivity contribution in [2.45, 2.75) is 0 Å². The Labute approximate surface area is 138 Å². The van der Waals surface area contributed by atoms with E-state index in [0.717, 1.165) is 15.0 Å². The third-order valence-corrected chi connectivity index (χ3v) is 3.71. The first-order valence-corrected chi connectivity index (χ1v) is 7.29. The van der Waals surface area contributed by atoms with Gasteiger partial charge in [-0.15, -0.1) is 0 Å². The van der Waals surface area contributed by atoms with Crippen molar-refractivity contribution in [3.63, 3.8) is 0 Å². The molecule has 0 saturated carbocycles. The Morgan fingerprint density at radius 2 is 2.20 bits per heavy atom. The molecule has 0 fully saturated rings. The van der Waals surface area contributed by atoms with E-state index in [4.69, 9.17) is 33.0 Å². The standard InChI is InChI=1S/C13H8Cl2INO3/c14-8-6-9(16)13(20-5-1-2-11(18)19)12-7(8)3-4-10(15)17-12/h1-4,6H,5H2,(H,18,19)/b2-1+. The summed E-state index contributed by atoms with van der Waals surface area (Å²) in [6.07, 6.45) is 2.43. The number of aliphatic carboxylic acids is 1. The van der Waals surface area contributed by atoms with Gasteiger partial charge in [-0.3, -0.25) is 0 Å². The molecule has 1 aromatic heterocycles. The van der Waals surface area contributed by atoms with E-state index in [1.165, 1.54) is 6.08 Å². The maximum atomic E-state index is 10.4. The van der Waals surface area contributed by atoms with Crippen molar-refractivity contribution in [3.8, 4) is 5.75 Å². The highest BCUT2D eigenvalue weighted by molar-refractivity contribution is 14.1. The maximum absolute atomic E-state index is 10.4. The van der Waals surface area contributed by atoms with Crippen molar-refractivity contribution in [1.82, 2.24) is 4.98 Å². The second-order valence-corrected chi connectivity index (χ2v) is 5.71. The molecular formula is C13H8Cl2INO3. The van der Waals surface area contributed by atoms with E-state index < -0.39 is 5.97 Å². The van der Waals surface area contributed by atoms with Crippen LogP contribution in [0.15, 0.2) is 30.4 Å². The second-order valence-electron chi connectivity index (χ2n) is 3.75. The molecule has 0 saturated heterocycles. The zero-order chi connectivity index (χ0) is 14.7. The molecule has 0 aliphatic heterocycles. The van der Waals surface area contributed by atoms with E-state index >= 15 is 0 Å². The van der Waals surface area contributed by atoms with Crippen LogP contribution in [0, 0.1) is 3.57 Å². The van der Waals surface area contributed by atoms with Crippen LogP contribution in [-0.2, 0) is 4.79 Å². The third-order valence-electron chi connectivity index (χ3n) is 2.39. The van der Waals surface area contributed by atoms with Crippen LogP contribution in [0.3, 0.4) is 0 Å². The second kappa shape index (κ2) is 6.60. The molecule has 0 aliphatic rings. The Morgan fingerprint density at radius 3 is 2.90 bits per heavy atom. The van der Waals surface area contributed by atoms with Crippen LogP contribution in [0.2, 0.25) is 10.2 Å². The highest BCUT2D eigenvalue weighted by Gasteiger charge is 2.12. The van der Waals surface area contributed by atoms with E-state index in [9.17, 15) is 4.79 Å². The summed E-state index contributed by atoms with van der Waals surface area (Å²) >= 11 is 14.1. The predicted molar refractivity (Wildman–Crippen MR) is 86.8 cm³/mol. The first kappa shape index (κ1) is 15.3. The quantitative estimate of drug-likeness (QED) is 0.455. The maximum Gasteiger partial charge on any atom is 0.328 e. The van der Waals surface area contributed by atoms with Gasteiger partial charge in [-0.05, 0) is 46.9 Å². The van der Waals surface area contributed by atoms with Crippen LogP contribution >= 0.6 is 45.8 Å². The molecule has 0 spiro atoms. The Bertz CT molecular complexity index is 704. The zero-order valence-corrected chi connectivity index (χ0v) is 13.6. The van der Waals surface area contributed by atoms with Crippen molar-refractivity contribution in [1.29, 1.82) is 0 Å². The molecule has 104 valence electrons. The lowest BCUT2D eigenvalue weighted by atomic mass is 10.2. The Kier molecular flexibility index (Phi) is 5.06. The third kappa shape index (κ3) is 3.53. The largest absolute Gasteiger partial charge is 0.486 e. The molecule has 2 aromatic rings. The summed E-state index contributed by atoms with van der Waals surface area (Å²) < 4.78 is 6.35. The molecule has 20 heavy (non-hydrogen) atoms. The van der Waals surface area contributed by atoms with Gasteiger partial charge in [-0.1, -0.05) is 23.2 Å². The summed E-state index contributed by atoms with van der Waals surface area (Å²) in [4.78, 5) is 14.6. The van der Waals surface area contributed by atoms with E-state index in [0.29, 0.717) is 21.4 Å². The SMILES string of the molecule is O=C(O)/C=C/COc1c(I)cc(Cl)c2ccc(Cl)nc12. The van der Waals surface area contributed by atoms with Gasteiger partial charge in [0.1, 0.15) is 17.3 Å². The molecule has 1 N–H and O–H groups in total. The summed E-state index contributed by atoms with van der Waals surface area (Å²) in [5, 5.41) is 10.1. The summed E-state index contributed by atoms with van der Waals surface area (Å²) in [6, 6.07) is 5.18. The van der Waals surface area contributed by atoms with E-state index in [1.807, 2.05) is 0 Å². The van der Waals surface area contributed by atoms with Gasteiger partial charge in [0.2, 0.25) is 0 Å². The Hall–Kier alpha value is -1.05. The van der Waals surface area contributed by atoms with E-state index in [1.54, 1.807) is 18.2 Å². The molecule has 0 unspecified atom stereocenters. The van der Waals surface area contributed by atoms with Crippen LogP contribution in [0.1, 0.15) is 0 Å².